The third kappa shape index (κ3) is 3.83. The van der Waals surface area contributed by atoms with E-state index in [2.05, 4.69) is 15.3 Å². The summed E-state index contributed by atoms with van der Waals surface area (Å²) in [5.41, 5.74) is 2.42. The van der Waals surface area contributed by atoms with Gasteiger partial charge in [0.1, 0.15) is 11.6 Å². The van der Waals surface area contributed by atoms with Gasteiger partial charge < -0.3 is 10.3 Å². The summed E-state index contributed by atoms with van der Waals surface area (Å²) >= 11 is 0. The Bertz CT molecular complexity index is 782. The largest absolute Gasteiger partial charge is 0.352 e. The summed E-state index contributed by atoms with van der Waals surface area (Å²) in [4.78, 5) is 19.5. The predicted octanol–water partition coefficient (Wildman–Crippen LogP) is 3.19. The Morgan fingerprint density at radius 3 is 2.57 bits per heavy atom. The fourth-order valence-corrected chi connectivity index (χ4v) is 2.24. The van der Waals surface area contributed by atoms with Gasteiger partial charge in [-0.1, -0.05) is 30.3 Å². The molecule has 1 heterocycles. The molecule has 0 radical (unpaired) electrons. The highest BCUT2D eigenvalue weighted by atomic mass is 19.1. The molecule has 116 valence electrons. The third-order valence-electron chi connectivity index (χ3n) is 3.46. The number of halogens is 1. The minimum Gasteiger partial charge on any atom is -0.352 e. The molecule has 2 aromatic carbocycles. The van der Waals surface area contributed by atoms with E-state index in [1.807, 2.05) is 30.3 Å². The zero-order valence-corrected chi connectivity index (χ0v) is 12.4. The maximum atomic E-state index is 12.8. The first kappa shape index (κ1) is 15.0. The van der Waals surface area contributed by atoms with Crippen LogP contribution in [-0.2, 0) is 6.42 Å². The van der Waals surface area contributed by atoms with Crippen molar-refractivity contribution >= 4 is 5.91 Å². The van der Waals surface area contributed by atoms with E-state index in [-0.39, 0.29) is 11.7 Å². The van der Waals surface area contributed by atoms with E-state index in [1.54, 1.807) is 6.20 Å². The number of carbonyl (C=O) groups is 1. The van der Waals surface area contributed by atoms with Crippen LogP contribution >= 0.6 is 0 Å². The van der Waals surface area contributed by atoms with Crippen molar-refractivity contribution in [3.05, 3.63) is 77.9 Å². The van der Waals surface area contributed by atoms with Crippen LogP contribution in [0.1, 0.15) is 16.1 Å². The van der Waals surface area contributed by atoms with Crippen LogP contribution in [0.2, 0.25) is 0 Å². The fraction of sp³-hybridized carbons (Fsp3) is 0.111. The van der Waals surface area contributed by atoms with Crippen LogP contribution in [0, 0.1) is 5.82 Å². The van der Waals surface area contributed by atoms with Crippen molar-refractivity contribution in [2.75, 3.05) is 6.54 Å². The second-order valence-corrected chi connectivity index (χ2v) is 5.14. The number of carbonyl (C=O) groups excluding carboxylic acids is 1. The van der Waals surface area contributed by atoms with Crippen LogP contribution in [0.4, 0.5) is 4.39 Å². The van der Waals surface area contributed by atoms with Gasteiger partial charge in [0.05, 0.1) is 0 Å². The Balaban J connectivity index is 1.54. The van der Waals surface area contributed by atoms with Gasteiger partial charge in [0, 0.05) is 36.0 Å². The number of H-pyrrole nitrogens is 1. The first-order valence-electron chi connectivity index (χ1n) is 7.35. The Morgan fingerprint density at radius 1 is 1.09 bits per heavy atom. The maximum absolute atomic E-state index is 12.8. The Kier molecular flexibility index (Phi) is 4.47. The highest BCUT2D eigenvalue weighted by molar-refractivity contribution is 5.94. The molecule has 0 unspecified atom stereocenters. The van der Waals surface area contributed by atoms with E-state index in [0.717, 1.165) is 17.1 Å². The molecule has 0 saturated carbocycles. The number of nitrogens with zero attached hydrogens (tertiary/aromatic N) is 1. The second kappa shape index (κ2) is 6.87. The number of rotatable bonds is 5. The number of benzene rings is 2. The summed E-state index contributed by atoms with van der Waals surface area (Å²) < 4.78 is 12.8. The Hall–Kier alpha value is -2.95. The monoisotopic (exact) mass is 309 g/mol. The van der Waals surface area contributed by atoms with E-state index >= 15 is 0 Å². The molecule has 3 rings (SSSR count). The molecule has 3 aromatic rings. The molecule has 23 heavy (non-hydrogen) atoms. The summed E-state index contributed by atoms with van der Waals surface area (Å²) in [5.74, 6) is 0.241. The molecule has 0 aliphatic rings. The predicted molar refractivity (Wildman–Crippen MR) is 86.5 cm³/mol. The van der Waals surface area contributed by atoms with E-state index in [1.165, 1.54) is 24.3 Å². The van der Waals surface area contributed by atoms with Crippen LogP contribution in [-0.4, -0.2) is 22.4 Å². The minimum absolute atomic E-state index is 0.215. The lowest BCUT2D eigenvalue weighted by Crippen LogP contribution is -2.25. The van der Waals surface area contributed by atoms with Gasteiger partial charge in [-0.05, 0) is 24.3 Å². The summed E-state index contributed by atoms with van der Waals surface area (Å²) in [6, 6.07) is 15.3. The Labute approximate surface area is 133 Å². The normalized spacial score (nSPS) is 10.5. The lowest BCUT2D eigenvalue weighted by atomic mass is 10.2. The molecule has 0 fully saturated rings. The van der Waals surface area contributed by atoms with E-state index < -0.39 is 0 Å². The minimum atomic E-state index is -0.354. The van der Waals surface area contributed by atoms with Gasteiger partial charge >= 0.3 is 0 Å². The molecule has 4 nitrogen and oxygen atoms in total. The zero-order chi connectivity index (χ0) is 16.1. The van der Waals surface area contributed by atoms with Crippen molar-refractivity contribution in [2.45, 2.75) is 6.42 Å². The van der Waals surface area contributed by atoms with Gasteiger partial charge in [0.15, 0.2) is 0 Å². The lowest BCUT2D eigenvalue weighted by Gasteiger charge is -2.04. The molecule has 0 aliphatic carbocycles. The highest BCUT2D eigenvalue weighted by Crippen LogP contribution is 2.14. The molecular weight excluding hydrogens is 293 g/mol. The lowest BCUT2D eigenvalue weighted by molar-refractivity contribution is 0.0954. The quantitative estimate of drug-likeness (QED) is 0.760. The summed E-state index contributed by atoms with van der Waals surface area (Å²) in [6.45, 7) is 0.479. The first-order chi connectivity index (χ1) is 11.2. The number of nitrogens with one attached hydrogen (secondary N) is 2. The smallest absolute Gasteiger partial charge is 0.251 e. The van der Waals surface area contributed by atoms with Crippen LogP contribution in [0.15, 0.2) is 60.8 Å². The molecule has 5 heteroatoms. The SMILES string of the molecule is O=C(NCCc1cnc(-c2ccccc2)[nH]1)c1ccc(F)cc1. The Morgan fingerprint density at radius 2 is 1.83 bits per heavy atom. The fourth-order valence-electron chi connectivity index (χ4n) is 2.24. The van der Waals surface area contributed by atoms with Gasteiger partial charge in [-0.15, -0.1) is 0 Å². The van der Waals surface area contributed by atoms with Crippen molar-refractivity contribution < 1.29 is 9.18 Å². The zero-order valence-electron chi connectivity index (χ0n) is 12.4. The molecule has 0 aliphatic heterocycles. The third-order valence-corrected chi connectivity index (χ3v) is 3.46. The average Bonchev–Trinajstić information content (AvgIpc) is 3.05. The molecule has 1 amide bonds. The van der Waals surface area contributed by atoms with Gasteiger partial charge in [0.25, 0.3) is 5.91 Å². The number of aromatic amines is 1. The van der Waals surface area contributed by atoms with Crippen LogP contribution in [0.5, 0.6) is 0 Å². The summed E-state index contributed by atoms with van der Waals surface area (Å²) in [5, 5.41) is 2.81. The molecule has 1 aromatic heterocycles. The van der Waals surface area contributed by atoms with Crippen molar-refractivity contribution in [3.8, 4) is 11.4 Å². The van der Waals surface area contributed by atoms with Crippen LogP contribution < -0.4 is 5.32 Å². The standard InChI is InChI=1S/C18H16FN3O/c19-15-8-6-14(7-9-15)18(23)20-11-10-16-12-21-17(22-16)13-4-2-1-3-5-13/h1-9,12H,10-11H2,(H,20,23)(H,21,22). The molecule has 0 atom stereocenters. The highest BCUT2D eigenvalue weighted by Gasteiger charge is 2.06. The molecule has 0 saturated heterocycles. The number of imidazole rings is 1. The van der Waals surface area contributed by atoms with Gasteiger partial charge in [-0.3, -0.25) is 4.79 Å². The van der Waals surface area contributed by atoms with Crippen LogP contribution in [0.25, 0.3) is 11.4 Å². The maximum Gasteiger partial charge on any atom is 0.251 e. The van der Waals surface area contributed by atoms with Crippen molar-refractivity contribution in [1.29, 1.82) is 0 Å². The van der Waals surface area contributed by atoms with E-state index in [9.17, 15) is 9.18 Å². The summed E-state index contributed by atoms with van der Waals surface area (Å²) in [6.07, 6.45) is 2.42. The number of amides is 1. The van der Waals surface area contributed by atoms with E-state index in [4.69, 9.17) is 0 Å². The molecule has 2 N–H and O–H groups in total. The van der Waals surface area contributed by atoms with Crippen molar-refractivity contribution in [3.63, 3.8) is 0 Å². The molecular formula is C18H16FN3O. The van der Waals surface area contributed by atoms with Crippen molar-refractivity contribution in [1.82, 2.24) is 15.3 Å². The van der Waals surface area contributed by atoms with Gasteiger partial charge in [0.2, 0.25) is 0 Å². The van der Waals surface area contributed by atoms with Crippen molar-refractivity contribution in [2.24, 2.45) is 0 Å². The number of hydrogen-bond acceptors (Lipinski definition) is 2. The van der Waals surface area contributed by atoms with Gasteiger partial charge in [-0.25, -0.2) is 9.37 Å². The summed E-state index contributed by atoms with van der Waals surface area (Å²) in [7, 11) is 0. The van der Waals surface area contributed by atoms with E-state index in [0.29, 0.717) is 18.5 Å². The van der Waals surface area contributed by atoms with Crippen LogP contribution in [0.3, 0.4) is 0 Å². The topological polar surface area (TPSA) is 57.8 Å². The first-order valence-corrected chi connectivity index (χ1v) is 7.35. The molecule has 0 spiro atoms. The second-order valence-electron chi connectivity index (χ2n) is 5.14. The van der Waals surface area contributed by atoms with Gasteiger partial charge in [-0.2, -0.15) is 0 Å². The number of aromatic nitrogens is 2. The molecule has 0 bridgehead atoms. The average molecular weight is 309 g/mol. The number of hydrogen-bond donors (Lipinski definition) is 2.